The topological polar surface area (TPSA) is 38.9 Å². The summed E-state index contributed by atoms with van der Waals surface area (Å²) in [6, 6.07) is 1.66. The highest BCUT2D eigenvalue weighted by Crippen LogP contribution is 2.39. The van der Waals surface area contributed by atoms with Crippen LogP contribution in [0.25, 0.3) is 10.4 Å². The number of thiazole rings is 1. The van der Waals surface area contributed by atoms with Gasteiger partial charge in [0.1, 0.15) is 5.82 Å². The molecule has 0 saturated carbocycles. The smallest absolute Gasteiger partial charge is 0.375 e. The summed E-state index contributed by atoms with van der Waals surface area (Å²) in [6.07, 6.45) is -3.60. The number of nitrogen functional groups attached to an aromatic ring is 1. The Morgan fingerprint density at radius 1 is 1.28 bits per heavy atom. The molecule has 2 rings (SSSR count). The van der Waals surface area contributed by atoms with Gasteiger partial charge in [0.05, 0.1) is 10.4 Å². The average Bonchev–Trinajstić information content (AvgIpc) is 2.66. The van der Waals surface area contributed by atoms with Crippen LogP contribution in [0.4, 0.5) is 22.7 Å². The van der Waals surface area contributed by atoms with E-state index in [1.54, 1.807) is 0 Å². The first-order valence-corrected chi connectivity index (χ1v) is 5.76. The third-order valence-corrected chi connectivity index (χ3v) is 3.21. The lowest BCUT2D eigenvalue weighted by Gasteiger charge is -2.11. The van der Waals surface area contributed by atoms with Crippen molar-refractivity contribution in [1.29, 1.82) is 0 Å². The summed E-state index contributed by atoms with van der Waals surface area (Å²) in [5.74, 6) is -1.38. The van der Waals surface area contributed by atoms with Crippen LogP contribution < -0.4 is 5.73 Å². The van der Waals surface area contributed by atoms with Crippen LogP contribution in [-0.2, 0) is 6.18 Å². The minimum absolute atomic E-state index is 0.137. The lowest BCUT2D eigenvalue weighted by Crippen LogP contribution is -2.08. The molecule has 0 spiro atoms. The van der Waals surface area contributed by atoms with Crippen molar-refractivity contribution in [3.8, 4) is 10.4 Å². The van der Waals surface area contributed by atoms with Crippen molar-refractivity contribution < 1.29 is 17.6 Å². The van der Waals surface area contributed by atoms with Crippen LogP contribution in [0.2, 0.25) is 5.02 Å². The molecule has 0 amide bonds. The molecule has 0 aliphatic carbocycles. The van der Waals surface area contributed by atoms with Crippen LogP contribution in [0.5, 0.6) is 0 Å². The molecule has 1 aromatic carbocycles. The maximum Gasteiger partial charge on any atom is 0.419 e. The molecule has 1 aromatic heterocycles. The third-order valence-electron chi connectivity index (χ3n) is 2.13. The summed E-state index contributed by atoms with van der Waals surface area (Å²) in [4.78, 5) is 3.85. The molecule has 2 aromatic rings. The quantitative estimate of drug-likeness (QED) is 0.801. The average molecular weight is 297 g/mol. The van der Waals surface area contributed by atoms with E-state index in [9.17, 15) is 17.6 Å². The van der Waals surface area contributed by atoms with Crippen molar-refractivity contribution in [2.75, 3.05) is 5.73 Å². The Morgan fingerprint density at radius 3 is 2.44 bits per heavy atom. The number of anilines is 1. The first kappa shape index (κ1) is 13.1. The number of benzene rings is 1. The van der Waals surface area contributed by atoms with E-state index in [0.717, 1.165) is 17.4 Å². The van der Waals surface area contributed by atoms with Crippen LogP contribution in [0.1, 0.15) is 5.56 Å². The molecule has 18 heavy (non-hydrogen) atoms. The van der Waals surface area contributed by atoms with Gasteiger partial charge in [-0.05, 0) is 12.1 Å². The summed E-state index contributed by atoms with van der Waals surface area (Å²) < 4.78 is 51.6. The van der Waals surface area contributed by atoms with Crippen LogP contribution in [0, 0.1) is 5.82 Å². The molecule has 96 valence electrons. The number of halogens is 5. The number of alkyl halides is 3. The Kier molecular flexibility index (Phi) is 3.20. The fourth-order valence-electron chi connectivity index (χ4n) is 1.39. The second-order valence-electron chi connectivity index (χ2n) is 3.38. The molecule has 0 unspecified atom stereocenters. The normalized spacial score (nSPS) is 11.8. The van der Waals surface area contributed by atoms with Gasteiger partial charge < -0.3 is 5.73 Å². The van der Waals surface area contributed by atoms with Crippen molar-refractivity contribution in [3.63, 3.8) is 0 Å². The fraction of sp³-hybridized carbons (Fsp3) is 0.100. The molecule has 2 N–H and O–H groups in total. The lowest BCUT2D eigenvalue weighted by molar-refractivity contribution is -0.139. The third kappa shape index (κ3) is 2.41. The minimum Gasteiger partial charge on any atom is -0.375 e. The Morgan fingerprint density at radius 2 is 1.94 bits per heavy atom. The molecule has 0 radical (unpaired) electrons. The zero-order chi connectivity index (χ0) is 13.5. The summed E-state index contributed by atoms with van der Waals surface area (Å²) in [7, 11) is 0. The number of hydrogen-bond acceptors (Lipinski definition) is 3. The molecule has 0 bridgehead atoms. The summed E-state index contributed by atoms with van der Waals surface area (Å²) >= 11 is 6.45. The van der Waals surface area contributed by atoms with Crippen LogP contribution in [0.3, 0.4) is 0 Å². The molecular formula is C10H5ClF4N2S. The van der Waals surface area contributed by atoms with Gasteiger partial charge in [0.25, 0.3) is 0 Å². The standard InChI is InChI=1S/C10H5ClF4N2S/c11-4-1-5(7-3-17-9(16)18-7)8(12)6(2-4)10(13,14)15/h1-3H,(H2,16,17). The fourth-order valence-corrected chi connectivity index (χ4v) is 2.30. The SMILES string of the molecule is Nc1ncc(-c2cc(Cl)cc(C(F)(F)F)c2F)s1. The highest BCUT2D eigenvalue weighted by atomic mass is 35.5. The molecule has 8 heteroatoms. The number of nitrogens with zero attached hydrogens (tertiary/aromatic N) is 1. The lowest BCUT2D eigenvalue weighted by atomic mass is 10.1. The minimum atomic E-state index is -4.81. The van der Waals surface area contributed by atoms with E-state index >= 15 is 0 Å². The van der Waals surface area contributed by atoms with E-state index in [1.807, 2.05) is 0 Å². The van der Waals surface area contributed by atoms with Gasteiger partial charge in [0.15, 0.2) is 5.13 Å². The zero-order valence-electron chi connectivity index (χ0n) is 8.55. The molecule has 0 aliphatic rings. The molecule has 0 atom stereocenters. The maximum absolute atomic E-state index is 13.8. The Bertz CT molecular complexity index is 594. The van der Waals surface area contributed by atoms with Crippen LogP contribution in [-0.4, -0.2) is 4.98 Å². The Balaban J connectivity index is 2.66. The van der Waals surface area contributed by atoms with Gasteiger partial charge >= 0.3 is 6.18 Å². The van der Waals surface area contributed by atoms with E-state index in [2.05, 4.69) is 4.98 Å². The predicted octanol–water partition coefficient (Wildman–Crippen LogP) is 4.20. The molecule has 0 fully saturated rings. The van der Waals surface area contributed by atoms with Gasteiger partial charge in [0.2, 0.25) is 0 Å². The van der Waals surface area contributed by atoms with Crippen LogP contribution >= 0.6 is 22.9 Å². The highest BCUT2D eigenvalue weighted by Gasteiger charge is 2.35. The number of hydrogen-bond donors (Lipinski definition) is 1. The van der Waals surface area contributed by atoms with Gasteiger partial charge in [-0.2, -0.15) is 13.2 Å². The van der Waals surface area contributed by atoms with Gasteiger partial charge in [0, 0.05) is 16.8 Å². The number of aromatic nitrogens is 1. The monoisotopic (exact) mass is 296 g/mol. The molecule has 1 heterocycles. The van der Waals surface area contributed by atoms with Crippen LogP contribution in [0.15, 0.2) is 18.3 Å². The van der Waals surface area contributed by atoms with E-state index in [0.29, 0.717) is 6.07 Å². The van der Waals surface area contributed by atoms with Gasteiger partial charge in [-0.15, -0.1) is 0 Å². The van der Waals surface area contributed by atoms with E-state index in [-0.39, 0.29) is 20.6 Å². The first-order valence-electron chi connectivity index (χ1n) is 4.57. The molecule has 0 saturated heterocycles. The second-order valence-corrected chi connectivity index (χ2v) is 4.87. The molecule has 0 aliphatic heterocycles. The van der Waals surface area contributed by atoms with Gasteiger partial charge in [-0.1, -0.05) is 22.9 Å². The van der Waals surface area contributed by atoms with E-state index in [4.69, 9.17) is 17.3 Å². The predicted molar refractivity (Wildman–Crippen MR) is 61.9 cm³/mol. The van der Waals surface area contributed by atoms with E-state index < -0.39 is 17.6 Å². The second kappa shape index (κ2) is 4.40. The van der Waals surface area contributed by atoms with Gasteiger partial charge in [-0.25, -0.2) is 9.37 Å². The first-order chi connectivity index (χ1) is 8.29. The number of rotatable bonds is 1. The Labute approximate surface area is 108 Å². The van der Waals surface area contributed by atoms with E-state index in [1.165, 1.54) is 6.20 Å². The number of nitrogens with two attached hydrogens (primary N) is 1. The van der Waals surface area contributed by atoms with Crippen molar-refractivity contribution in [3.05, 3.63) is 34.7 Å². The Hall–Kier alpha value is -1.34. The highest BCUT2D eigenvalue weighted by molar-refractivity contribution is 7.18. The van der Waals surface area contributed by atoms with Crippen molar-refractivity contribution in [2.45, 2.75) is 6.18 Å². The zero-order valence-corrected chi connectivity index (χ0v) is 10.1. The van der Waals surface area contributed by atoms with Crippen molar-refractivity contribution >= 4 is 28.1 Å². The van der Waals surface area contributed by atoms with Crippen molar-refractivity contribution in [2.24, 2.45) is 0 Å². The van der Waals surface area contributed by atoms with Gasteiger partial charge in [-0.3, -0.25) is 0 Å². The maximum atomic E-state index is 13.8. The summed E-state index contributed by atoms with van der Waals surface area (Å²) in [5, 5.41) is -0.0661. The molecule has 2 nitrogen and oxygen atoms in total. The van der Waals surface area contributed by atoms with Crippen molar-refractivity contribution in [1.82, 2.24) is 4.98 Å². The summed E-state index contributed by atoms with van der Waals surface area (Å²) in [5.41, 5.74) is 3.69. The summed E-state index contributed by atoms with van der Waals surface area (Å²) in [6.45, 7) is 0. The largest absolute Gasteiger partial charge is 0.419 e. The molecular weight excluding hydrogens is 292 g/mol.